The Balaban J connectivity index is 2.06. The molecule has 0 unspecified atom stereocenters. The van der Waals surface area contributed by atoms with Gasteiger partial charge in [0.05, 0.1) is 5.71 Å². The van der Waals surface area contributed by atoms with Gasteiger partial charge in [0.15, 0.2) is 0 Å². The summed E-state index contributed by atoms with van der Waals surface area (Å²) in [6.45, 7) is 2.26. The Morgan fingerprint density at radius 3 is 1.95 bits per heavy atom. The van der Waals surface area contributed by atoms with Crippen molar-refractivity contribution in [2.75, 3.05) is 0 Å². The van der Waals surface area contributed by atoms with Crippen LogP contribution in [0.5, 0.6) is 0 Å². The van der Waals surface area contributed by atoms with Gasteiger partial charge in [-0.25, -0.2) is 0 Å². The van der Waals surface area contributed by atoms with Gasteiger partial charge in [0.2, 0.25) is 0 Å². The second-order valence-corrected chi connectivity index (χ2v) is 5.49. The quantitative estimate of drug-likeness (QED) is 0.236. The van der Waals surface area contributed by atoms with E-state index in [1.165, 1.54) is 51.4 Å². The number of unbranched alkanes of at least 4 members (excludes halogenated alkanes) is 8. The Morgan fingerprint density at radius 2 is 1.40 bits per heavy atom. The summed E-state index contributed by atoms with van der Waals surface area (Å²) in [6.07, 6.45) is 12.7. The van der Waals surface area contributed by atoms with E-state index in [4.69, 9.17) is 5.21 Å². The molecule has 0 heterocycles. The van der Waals surface area contributed by atoms with Gasteiger partial charge in [-0.1, -0.05) is 93.8 Å². The maximum Gasteiger partial charge on any atom is 0.0867 e. The molecule has 1 aromatic carbocycles. The molecule has 0 aliphatic heterocycles. The number of nitrogens with zero attached hydrogens (tertiary/aromatic N) is 1. The molecule has 0 saturated heterocycles. The van der Waals surface area contributed by atoms with Crippen LogP contribution < -0.4 is 0 Å². The molecule has 0 bridgehead atoms. The van der Waals surface area contributed by atoms with E-state index < -0.39 is 0 Å². The van der Waals surface area contributed by atoms with Gasteiger partial charge < -0.3 is 5.21 Å². The Hall–Kier alpha value is -1.31. The summed E-state index contributed by atoms with van der Waals surface area (Å²) in [4.78, 5) is 0. The summed E-state index contributed by atoms with van der Waals surface area (Å²) >= 11 is 0. The predicted molar refractivity (Wildman–Crippen MR) is 86.6 cm³/mol. The fourth-order valence-electron chi connectivity index (χ4n) is 2.49. The smallest absolute Gasteiger partial charge is 0.0867 e. The van der Waals surface area contributed by atoms with E-state index in [0.29, 0.717) is 0 Å². The molecule has 0 atom stereocenters. The zero-order valence-electron chi connectivity index (χ0n) is 12.9. The third-order valence-electron chi connectivity index (χ3n) is 3.74. The Kier molecular flexibility index (Phi) is 9.64. The molecule has 0 aliphatic rings. The first kappa shape index (κ1) is 16.7. The second-order valence-electron chi connectivity index (χ2n) is 5.49. The van der Waals surface area contributed by atoms with Crippen molar-refractivity contribution in [1.82, 2.24) is 0 Å². The highest BCUT2D eigenvalue weighted by Gasteiger charge is 2.03. The van der Waals surface area contributed by atoms with Crippen LogP contribution in [0.25, 0.3) is 0 Å². The molecule has 0 amide bonds. The van der Waals surface area contributed by atoms with Gasteiger partial charge in [0, 0.05) is 0 Å². The van der Waals surface area contributed by atoms with Gasteiger partial charge in [-0.2, -0.15) is 0 Å². The normalized spacial score (nSPS) is 11.8. The largest absolute Gasteiger partial charge is 0.411 e. The topological polar surface area (TPSA) is 32.6 Å². The Morgan fingerprint density at radius 1 is 0.850 bits per heavy atom. The molecule has 1 N–H and O–H groups in total. The number of hydrogen-bond donors (Lipinski definition) is 1. The van der Waals surface area contributed by atoms with Crippen LogP contribution in [-0.2, 0) is 0 Å². The van der Waals surface area contributed by atoms with Crippen molar-refractivity contribution in [3.05, 3.63) is 35.9 Å². The van der Waals surface area contributed by atoms with E-state index in [1.54, 1.807) is 0 Å². The van der Waals surface area contributed by atoms with Crippen LogP contribution in [-0.4, -0.2) is 10.9 Å². The zero-order chi connectivity index (χ0) is 14.5. The fourth-order valence-corrected chi connectivity index (χ4v) is 2.49. The highest BCUT2D eigenvalue weighted by molar-refractivity contribution is 6.00. The third kappa shape index (κ3) is 7.32. The molecule has 112 valence electrons. The molecular weight excluding hydrogens is 246 g/mol. The molecule has 0 aromatic heterocycles. The van der Waals surface area contributed by atoms with Gasteiger partial charge in [0.25, 0.3) is 0 Å². The van der Waals surface area contributed by atoms with Crippen molar-refractivity contribution in [2.24, 2.45) is 5.16 Å². The molecule has 0 fully saturated rings. The number of oxime groups is 1. The minimum absolute atomic E-state index is 0.813. The Bertz CT molecular complexity index is 359. The third-order valence-corrected chi connectivity index (χ3v) is 3.74. The van der Waals surface area contributed by atoms with Crippen LogP contribution in [0.2, 0.25) is 0 Å². The van der Waals surface area contributed by atoms with Crippen LogP contribution in [0, 0.1) is 0 Å². The first-order valence-corrected chi connectivity index (χ1v) is 8.14. The molecule has 0 spiro atoms. The van der Waals surface area contributed by atoms with E-state index in [1.807, 2.05) is 30.3 Å². The average Bonchev–Trinajstić information content (AvgIpc) is 2.50. The summed E-state index contributed by atoms with van der Waals surface area (Å²) in [6, 6.07) is 9.95. The predicted octanol–water partition coefficient (Wildman–Crippen LogP) is 5.79. The summed E-state index contributed by atoms with van der Waals surface area (Å²) in [5.74, 6) is 0. The van der Waals surface area contributed by atoms with E-state index in [2.05, 4.69) is 12.1 Å². The van der Waals surface area contributed by atoms with E-state index in [-0.39, 0.29) is 0 Å². The average molecular weight is 275 g/mol. The van der Waals surface area contributed by atoms with Crippen molar-refractivity contribution < 1.29 is 5.21 Å². The molecule has 0 radical (unpaired) electrons. The minimum Gasteiger partial charge on any atom is -0.411 e. The lowest BCUT2D eigenvalue weighted by Crippen LogP contribution is -2.00. The zero-order valence-corrected chi connectivity index (χ0v) is 12.9. The summed E-state index contributed by atoms with van der Waals surface area (Å²) in [5, 5.41) is 12.5. The molecule has 2 heteroatoms. The number of benzene rings is 1. The summed E-state index contributed by atoms with van der Waals surface area (Å²) < 4.78 is 0. The second kappa shape index (κ2) is 11.5. The number of hydrogen-bond acceptors (Lipinski definition) is 2. The van der Waals surface area contributed by atoms with Gasteiger partial charge in [-0.15, -0.1) is 0 Å². The molecule has 0 aliphatic carbocycles. The first-order valence-electron chi connectivity index (χ1n) is 8.14. The van der Waals surface area contributed by atoms with Crippen LogP contribution >= 0.6 is 0 Å². The van der Waals surface area contributed by atoms with Crippen LogP contribution in [0.1, 0.15) is 76.7 Å². The van der Waals surface area contributed by atoms with Gasteiger partial charge in [0.1, 0.15) is 0 Å². The maximum absolute atomic E-state index is 9.09. The van der Waals surface area contributed by atoms with Crippen molar-refractivity contribution in [3.63, 3.8) is 0 Å². The van der Waals surface area contributed by atoms with Crippen molar-refractivity contribution in [2.45, 2.75) is 71.1 Å². The van der Waals surface area contributed by atoms with Crippen molar-refractivity contribution in [3.8, 4) is 0 Å². The lowest BCUT2D eigenvalue weighted by molar-refractivity contribution is 0.317. The standard InChI is InChI=1S/C18H29NO/c1-2-3-4-5-6-7-8-9-13-16-18(19-20)17-14-11-10-12-15-17/h10-12,14-15,20H,2-9,13,16H2,1H3. The molecule has 1 aromatic rings. The van der Waals surface area contributed by atoms with Crippen LogP contribution in [0.15, 0.2) is 35.5 Å². The van der Waals surface area contributed by atoms with Gasteiger partial charge >= 0.3 is 0 Å². The lowest BCUT2D eigenvalue weighted by atomic mass is 10.0. The molecule has 2 nitrogen and oxygen atoms in total. The SMILES string of the molecule is CCCCCCCCCCCC(=NO)c1ccccc1. The van der Waals surface area contributed by atoms with Crippen LogP contribution in [0.3, 0.4) is 0 Å². The Labute approximate surface area is 123 Å². The van der Waals surface area contributed by atoms with Crippen molar-refractivity contribution >= 4 is 5.71 Å². The fraction of sp³-hybridized carbons (Fsp3) is 0.611. The van der Waals surface area contributed by atoms with E-state index in [0.717, 1.165) is 24.1 Å². The molecule has 20 heavy (non-hydrogen) atoms. The van der Waals surface area contributed by atoms with Gasteiger partial charge in [-0.05, 0) is 18.4 Å². The highest BCUT2D eigenvalue weighted by Crippen LogP contribution is 2.13. The maximum atomic E-state index is 9.09. The number of rotatable bonds is 11. The summed E-state index contributed by atoms with van der Waals surface area (Å²) in [5.41, 5.74) is 1.85. The first-order chi connectivity index (χ1) is 9.88. The minimum atomic E-state index is 0.813. The van der Waals surface area contributed by atoms with Gasteiger partial charge in [-0.3, -0.25) is 0 Å². The lowest BCUT2D eigenvalue weighted by Gasteiger charge is -2.05. The summed E-state index contributed by atoms with van der Waals surface area (Å²) in [7, 11) is 0. The molecular formula is C18H29NO. The monoisotopic (exact) mass is 275 g/mol. The highest BCUT2D eigenvalue weighted by atomic mass is 16.4. The van der Waals surface area contributed by atoms with E-state index in [9.17, 15) is 0 Å². The van der Waals surface area contributed by atoms with E-state index >= 15 is 0 Å². The molecule has 0 saturated carbocycles. The molecule has 1 rings (SSSR count). The van der Waals surface area contributed by atoms with Crippen LogP contribution in [0.4, 0.5) is 0 Å². The van der Waals surface area contributed by atoms with Crippen molar-refractivity contribution in [1.29, 1.82) is 0 Å².